The van der Waals surface area contributed by atoms with Crippen LogP contribution >= 0.6 is 0 Å². The summed E-state index contributed by atoms with van der Waals surface area (Å²) in [4.78, 5) is 43.9. The summed E-state index contributed by atoms with van der Waals surface area (Å²) in [6.45, 7) is 1.25. The summed E-state index contributed by atoms with van der Waals surface area (Å²) in [7, 11) is 0. The van der Waals surface area contributed by atoms with Gasteiger partial charge in [-0.1, -0.05) is 0 Å². The number of nitro benzene ring substituents is 1. The van der Waals surface area contributed by atoms with Crippen LogP contribution in [0.2, 0.25) is 0 Å². The predicted octanol–water partition coefficient (Wildman–Crippen LogP) is 0.304. The van der Waals surface area contributed by atoms with E-state index >= 15 is 0 Å². The van der Waals surface area contributed by atoms with E-state index in [0.717, 1.165) is 0 Å². The number of carbonyl (C=O) groups is 3. The fourth-order valence-electron chi connectivity index (χ4n) is 1.70. The van der Waals surface area contributed by atoms with Crippen LogP contribution in [-0.4, -0.2) is 28.7 Å². The third kappa shape index (κ3) is 5.57. The highest BCUT2D eigenvalue weighted by atomic mass is 16.6. The Morgan fingerprint density at radius 2 is 1.86 bits per heavy atom. The number of nitrogens with one attached hydrogen (secondary N) is 2. The Kier molecular flexibility index (Phi) is 5.99. The summed E-state index contributed by atoms with van der Waals surface area (Å²) < 4.78 is 0. The van der Waals surface area contributed by atoms with Gasteiger partial charge in [-0.3, -0.25) is 24.5 Å². The number of carbonyl (C=O) groups excluding carboxylic acids is 3. The Morgan fingerprint density at radius 1 is 1.27 bits per heavy atom. The summed E-state index contributed by atoms with van der Waals surface area (Å²) >= 11 is 0. The van der Waals surface area contributed by atoms with Crippen molar-refractivity contribution in [2.75, 3.05) is 5.32 Å². The maximum Gasteiger partial charge on any atom is 0.269 e. The van der Waals surface area contributed by atoms with Gasteiger partial charge in [0.25, 0.3) is 5.69 Å². The smallest absolute Gasteiger partial charge is 0.269 e. The van der Waals surface area contributed by atoms with Gasteiger partial charge in [0.05, 0.1) is 4.92 Å². The minimum Gasteiger partial charge on any atom is -0.370 e. The van der Waals surface area contributed by atoms with Gasteiger partial charge < -0.3 is 16.4 Å². The first kappa shape index (κ1) is 17.1. The molecule has 9 nitrogen and oxygen atoms in total. The zero-order valence-electron chi connectivity index (χ0n) is 11.9. The fourth-order valence-corrected chi connectivity index (χ4v) is 1.70. The number of amides is 3. The normalized spacial score (nSPS) is 11.3. The molecule has 9 heteroatoms. The lowest BCUT2D eigenvalue weighted by molar-refractivity contribution is -0.384. The second-order valence-electron chi connectivity index (χ2n) is 4.55. The van der Waals surface area contributed by atoms with Gasteiger partial charge in [0.1, 0.15) is 6.04 Å². The zero-order chi connectivity index (χ0) is 16.7. The topological polar surface area (TPSA) is 144 Å². The quantitative estimate of drug-likeness (QED) is 0.490. The molecule has 0 aliphatic heterocycles. The number of primary amides is 1. The Balaban J connectivity index is 2.74. The second kappa shape index (κ2) is 7.72. The predicted molar refractivity (Wildman–Crippen MR) is 77.8 cm³/mol. The molecular formula is C13H16N4O5. The summed E-state index contributed by atoms with van der Waals surface area (Å²) in [6.07, 6.45) is 0.00631. The van der Waals surface area contributed by atoms with Crippen LogP contribution in [0.5, 0.6) is 0 Å². The molecule has 0 fully saturated rings. The maximum absolute atomic E-state index is 12.1. The first-order chi connectivity index (χ1) is 10.3. The standard InChI is InChI=1S/C13H16N4O5/c1-8(18)15-11(6-7-12(14)19)13(20)16-9-2-4-10(5-3-9)17(21)22/h2-5,11H,6-7H2,1H3,(H2,14,19)(H,15,18)(H,16,20)/t11-/m0/s1. The van der Waals surface area contributed by atoms with E-state index in [1.807, 2.05) is 0 Å². The summed E-state index contributed by atoms with van der Waals surface area (Å²) in [6, 6.07) is 4.31. The number of benzene rings is 1. The largest absolute Gasteiger partial charge is 0.370 e. The molecular weight excluding hydrogens is 292 g/mol. The van der Waals surface area contributed by atoms with Gasteiger partial charge in [-0.2, -0.15) is 0 Å². The van der Waals surface area contributed by atoms with E-state index in [-0.39, 0.29) is 18.5 Å². The molecule has 22 heavy (non-hydrogen) atoms. The highest BCUT2D eigenvalue weighted by Crippen LogP contribution is 2.15. The Bertz CT molecular complexity index is 585. The molecule has 1 aromatic rings. The van der Waals surface area contributed by atoms with Crippen molar-refractivity contribution in [3.8, 4) is 0 Å². The fraction of sp³-hybridized carbons (Fsp3) is 0.308. The molecule has 1 atom stereocenters. The van der Waals surface area contributed by atoms with Crippen LogP contribution in [0.25, 0.3) is 0 Å². The van der Waals surface area contributed by atoms with Crippen LogP contribution in [0.3, 0.4) is 0 Å². The molecule has 3 amide bonds. The third-order valence-electron chi connectivity index (χ3n) is 2.72. The van der Waals surface area contributed by atoms with E-state index in [1.165, 1.54) is 31.2 Å². The van der Waals surface area contributed by atoms with Crippen LogP contribution in [0.1, 0.15) is 19.8 Å². The number of anilines is 1. The minimum absolute atomic E-state index is 0.0569. The molecule has 0 unspecified atom stereocenters. The van der Waals surface area contributed by atoms with Crippen LogP contribution < -0.4 is 16.4 Å². The molecule has 0 saturated heterocycles. The zero-order valence-corrected chi connectivity index (χ0v) is 11.9. The molecule has 0 spiro atoms. The Labute approximate surface area is 126 Å². The van der Waals surface area contributed by atoms with Crippen molar-refractivity contribution in [1.82, 2.24) is 5.32 Å². The molecule has 0 bridgehead atoms. The van der Waals surface area contributed by atoms with Gasteiger partial charge in [0.2, 0.25) is 17.7 Å². The number of nitro groups is 1. The number of non-ortho nitro benzene ring substituents is 1. The van der Waals surface area contributed by atoms with Crippen molar-refractivity contribution in [1.29, 1.82) is 0 Å². The highest BCUT2D eigenvalue weighted by molar-refractivity contribution is 5.97. The molecule has 0 aliphatic carbocycles. The van der Waals surface area contributed by atoms with Crippen molar-refractivity contribution in [3.05, 3.63) is 34.4 Å². The van der Waals surface area contributed by atoms with Gasteiger partial charge >= 0.3 is 0 Å². The number of nitrogens with zero attached hydrogens (tertiary/aromatic N) is 1. The van der Waals surface area contributed by atoms with Crippen LogP contribution in [-0.2, 0) is 14.4 Å². The molecule has 0 saturated carbocycles. The van der Waals surface area contributed by atoms with Gasteiger partial charge in [-0.05, 0) is 18.6 Å². The van der Waals surface area contributed by atoms with Crippen molar-refractivity contribution in [3.63, 3.8) is 0 Å². The minimum atomic E-state index is -0.916. The molecule has 0 aromatic heterocycles. The SMILES string of the molecule is CC(=O)N[C@@H](CCC(N)=O)C(=O)Nc1ccc([N+](=O)[O-])cc1. The van der Waals surface area contributed by atoms with Crippen molar-refractivity contribution in [2.24, 2.45) is 5.73 Å². The van der Waals surface area contributed by atoms with E-state index in [1.54, 1.807) is 0 Å². The third-order valence-corrected chi connectivity index (χ3v) is 2.72. The lowest BCUT2D eigenvalue weighted by Crippen LogP contribution is -2.43. The molecule has 0 heterocycles. The average molecular weight is 308 g/mol. The number of hydrogen-bond donors (Lipinski definition) is 3. The van der Waals surface area contributed by atoms with Crippen LogP contribution in [0, 0.1) is 10.1 Å². The first-order valence-corrected chi connectivity index (χ1v) is 6.40. The van der Waals surface area contributed by atoms with Crippen molar-refractivity contribution in [2.45, 2.75) is 25.8 Å². The molecule has 0 radical (unpaired) electrons. The van der Waals surface area contributed by atoms with E-state index < -0.39 is 28.7 Å². The van der Waals surface area contributed by atoms with Crippen molar-refractivity contribution < 1.29 is 19.3 Å². The second-order valence-corrected chi connectivity index (χ2v) is 4.55. The summed E-state index contributed by atoms with van der Waals surface area (Å²) in [5.74, 6) is -1.54. The van der Waals surface area contributed by atoms with Gasteiger partial charge in [0.15, 0.2) is 0 Å². The van der Waals surface area contributed by atoms with Gasteiger partial charge in [-0.25, -0.2) is 0 Å². The Morgan fingerprint density at radius 3 is 2.32 bits per heavy atom. The maximum atomic E-state index is 12.1. The Hall–Kier alpha value is -2.97. The van der Waals surface area contributed by atoms with E-state index in [0.29, 0.717) is 5.69 Å². The lowest BCUT2D eigenvalue weighted by Gasteiger charge is -2.16. The number of nitrogens with two attached hydrogens (primary N) is 1. The molecule has 4 N–H and O–H groups in total. The van der Waals surface area contributed by atoms with Crippen LogP contribution in [0.4, 0.5) is 11.4 Å². The average Bonchev–Trinajstić information content (AvgIpc) is 2.43. The first-order valence-electron chi connectivity index (χ1n) is 6.40. The number of rotatable bonds is 7. The van der Waals surface area contributed by atoms with Crippen LogP contribution in [0.15, 0.2) is 24.3 Å². The monoisotopic (exact) mass is 308 g/mol. The summed E-state index contributed by atoms with van der Waals surface area (Å²) in [5, 5.41) is 15.5. The van der Waals surface area contributed by atoms with E-state index in [9.17, 15) is 24.5 Å². The van der Waals surface area contributed by atoms with E-state index in [2.05, 4.69) is 10.6 Å². The molecule has 0 aliphatic rings. The lowest BCUT2D eigenvalue weighted by atomic mass is 10.1. The van der Waals surface area contributed by atoms with E-state index in [4.69, 9.17) is 5.73 Å². The van der Waals surface area contributed by atoms with Crippen molar-refractivity contribution >= 4 is 29.1 Å². The summed E-state index contributed by atoms with van der Waals surface area (Å²) in [5.41, 5.74) is 5.25. The molecule has 1 rings (SSSR count). The number of hydrogen-bond acceptors (Lipinski definition) is 5. The van der Waals surface area contributed by atoms with Gasteiger partial charge in [-0.15, -0.1) is 0 Å². The highest BCUT2D eigenvalue weighted by Gasteiger charge is 2.20. The molecule has 118 valence electrons. The molecule has 1 aromatic carbocycles. The van der Waals surface area contributed by atoms with Gasteiger partial charge in [0, 0.05) is 31.2 Å².